The van der Waals surface area contributed by atoms with Gasteiger partial charge in [-0.15, -0.1) is 0 Å². The molecule has 1 N–H and O–H groups in total. The average Bonchev–Trinajstić information content (AvgIpc) is 2.21. The lowest BCUT2D eigenvalue weighted by molar-refractivity contribution is 0.410. The summed E-state index contributed by atoms with van der Waals surface area (Å²) in [6.45, 7) is 2.92. The molecular weight excluding hydrogens is 162 g/mol. The summed E-state index contributed by atoms with van der Waals surface area (Å²) in [6.07, 6.45) is 4.77. The van der Waals surface area contributed by atoms with Crippen LogP contribution >= 0.6 is 0 Å². The normalized spacial score (nSPS) is 22.9. The third kappa shape index (κ3) is 2.50. The molecule has 1 atom stereocenters. The van der Waals surface area contributed by atoms with E-state index in [9.17, 15) is 0 Å². The molecule has 3 heteroatoms. The van der Waals surface area contributed by atoms with Crippen molar-refractivity contribution in [1.82, 2.24) is 15.6 Å². The zero-order chi connectivity index (χ0) is 8.93. The Morgan fingerprint density at radius 1 is 1.54 bits per heavy atom. The van der Waals surface area contributed by atoms with Gasteiger partial charge in [0.05, 0.1) is 0 Å². The lowest BCUT2D eigenvalue weighted by Gasteiger charge is -2.23. The number of hydrogen-bond acceptors (Lipinski definition) is 2. The van der Waals surface area contributed by atoms with Gasteiger partial charge in [-0.1, -0.05) is 6.07 Å². The number of pyridine rings is 1. The van der Waals surface area contributed by atoms with E-state index < -0.39 is 0 Å². The number of nitrogens with one attached hydrogen (secondary N) is 1. The fourth-order valence-electron chi connectivity index (χ4n) is 1.60. The summed E-state index contributed by atoms with van der Waals surface area (Å²) < 4.78 is 0. The first kappa shape index (κ1) is 8.66. The minimum Gasteiger partial charge on any atom is -0.311 e. The van der Waals surface area contributed by atoms with Gasteiger partial charge < -0.3 is 5.32 Å². The summed E-state index contributed by atoms with van der Waals surface area (Å²) in [6, 6.07) is 4.61. The molecule has 0 aromatic carbocycles. The number of hydrogen-bond donors (Lipinski definition) is 1. The molecule has 0 spiro atoms. The smallest absolute Gasteiger partial charge is 0.0300 e. The van der Waals surface area contributed by atoms with Crippen LogP contribution in [-0.4, -0.2) is 30.7 Å². The van der Waals surface area contributed by atoms with Crippen molar-refractivity contribution in [1.29, 1.82) is 0 Å². The van der Waals surface area contributed by atoms with Crippen molar-refractivity contribution >= 4 is 0 Å². The molecule has 1 aliphatic heterocycles. The van der Waals surface area contributed by atoms with Crippen LogP contribution in [0.25, 0.3) is 0 Å². The van der Waals surface area contributed by atoms with E-state index in [4.69, 9.17) is 0 Å². The van der Waals surface area contributed by atoms with Crippen molar-refractivity contribution in [2.75, 3.05) is 19.6 Å². The molecular formula is C10H14N3. The molecule has 2 rings (SSSR count). The van der Waals surface area contributed by atoms with Crippen molar-refractivity contribution in [2.24, 2.45) is 0 Å². The van der Waals surface area contributed by atoms with Crippen molar-refractivity contribution in [3.05, 3.63) is 30.1 Å². The van der Waals surface area contributed by atoms with Gasteiger partial charge in [0.1, 0.15) is 0 Å². The van der Waals surface area contributed by atoms with Crippen LogP contribution in [-0.2, 0) is 6.42 Å². The van der Waals surface area contributed by atoms with Gasteiger partial charge in [-0.2, -0.15) is 0 Å². The first-order chi connectivity index (χ1) is 6.45. The SMILES string of the molecule is c1cncc(CC2C[N]CCN2)c1. The second-order valence-electron chi connectivity index (χ2n) is 3.35. The first-order valence-corrected chi connectivity index (χ1v) is 4.71. The number of aromatic nitrogens is 1. The van der Waals surface area contributed by atoms with Crippen LogP contribution in [0.2, 0.25) is 0 Å². The second kappa shape index (κ2) is 4.35. The van der Waals surface area contributed by atoms with Gasteiger partial charge in [0.25, 0.3) is 0 Å². The van der Waals surface area contributed by atoms with Gasteiger partial charge in [-0.3, -0.25) is 4.98 Å². The van der Waals surface area contributed by atoms with E-state index in [1.165, 1.54) is 5.56 Å². The average molecular weight is 176 g/mol. The molecule has 1 aromatic heterocycles. The van der Waals surface area contributed by atoms with Crippen LogP contribution < -0.4 is 10.6 Å². The van der Waals surface area contributed by atoms with E-state index in [-0.39, 0.29) is 0 Å². The Morgan fingerprint density at radius 2 is 2.54 bits per heavy atom. The third-order valence-electron chi connectivity index (χ3n) is 2.26. The van der Waals surface area contributed by atoms with Crippen LogP contribution in [0.15, 0.2) is 24.5 Å². The van der Waals surface area contributed by atoms with Crippen molar-refractivity contribution in [3.63, 3.8) is 0 Å². The Bertz CT molecular complexity index is 242. The molecule has 1 aromatic rings. The molecule has 0 aliphatic carbocycles. The molecule has 3 nitrogen and oxygen atoms in total. The van der Waals surface area contributed by atoms with Crippen molar-refractivity contribution < 1.29 is 0 Å². The fraction of sp³-hybridized carbons (Fsp3) is 0.500. The summed E-state index contributed by atoms with van der Waals surface area (Å²) >= 11 is 0. The maximum atomic E-state index is 4.37. The summed E-state index contributed by atoms with van der Waals surface area (Å²) in [5.74, 6) is 0. The molecule has 1 radical (unpaired) electrons. The predicted octanol–water partition coefficient (Wildman–Crippen LogP) is 0.200. The van der Waals surface area contributed by atoms with Gasteiger partial charge in [-0.25, -0.2) is 5.32 Å². The molecule has 0 bridgehead atoms. The van der Waals surface area contributed by atoms with E-state index in [0.717, 1.165) is 26.1 Å². The zero-order valence-electron chi connectivity index (χ0n) is 7.61. The lowest BCUT2D eigenvalue weighted by Crippen LogP contribution is -2.46. The minimum absolute atomic E-state index is 0.512. The molecule has 0 saturated carbocycles. The van der Waals surface area contributed by atoms with Gasteiger partial charge in [-0.05, 0) is 18.1 Å². The Balaban J connectivity index is 1.90. The summed E-state index contributed by atoms with van der Waals surface area (Å²) in [5, 5.41) is 7.82. The Hall–Kier alpha value is -0.930. The minimum atomic E-state index is 0.512. The molecule has 2 heterocycles. The van der Waals surface area contributed by atoms with E-state index in [2.05, 4.69) is 21.7 Å². The van der Waals surface area contributed by atoms with E-state index >= 15 is 0 Å². The highest BCUT2D eigenvalue weighted by Gasteiger charge is 2.12. The monoisotopic (exact) mass is 176 g/mol. The van der Waals surface area contributed by atoms with E-state index in [1.54, 1.807) is 0 Å². The predicted molar refractivity (Wildman–Crippen MR) is 51.6 cm³/mol. The van der Waals surface area contributed by atoms with Crippen LogP contribution in [0, 0.1) is 0 Å². The van der Waals surface area contributed by atoms with Gasteiger partial charge in [0.15, 0.2) is 0 Å². The third-order valence-corrected chi connectivity index (χ3v) is 2.26. The lowest BCUT2D eigenvalue weighted by atomic mass is 10.1. The van der Waals surface area contributed by atoms with Gasteiger partial charge in [0, 0.05) is 38.1 Å². The molecule has 69 valence electrons. The topological polar surface area (TPSA) is 39.0 Å². The largest absolute Gasteiger partial charge is 0.311 e. The maximum absolute atomic E-state index is 4.37. The molecule has 1 aliphatic rings. The fourth-order valence-corrected chi connectivity index (χ4v) is 1.60. The van der Waals surface area contributed by atoms with E-state index in [1.807, 2.05) is 18.5 Å². The molecule has 1 saturated heterocycles. The van der Waals surface area contributed by atoms with Crippen LogP contribution in [0.4, 0.5) is 0 Å². The van der Waals surface area contributed by atoms with E-state index in [0.29, 0.717) is 6.04 Å². The molecule has 1 fully saturated rings. The second-order valence-corrected chi connectivity index (χ2v) is 3.35. The molecule has 0 amide bonds. The highest BCUT2D eigenvalue weighted by molar-refractivity contribution is 5.10. The molecule has 1 unspecified atom stereocenters. The van der Waals surface area contributed by atoms with Crippen molar-refractivity contribution in [3.8, 4) is 0 Å². The standard InChI is InChI=1S/C10H14N3/c1-2-9(7-11-3-1)6-10-8-12-4-5-13-10/h1-3,7,10,13H,4-6,8H2. The molecule has 13 heavy (non-hydrogen) atoms. The Morgan fingerprint density at radius 3 is 3.23 bits per heavy atom. The highest BCUT2D eigenvalue weighted by atomic mass is 15.0. The zero-order valence-corrected chi connectivity index (χ0v) is 7.61. The Labute approximate surface area is 78.6 Å². The summed E-state index contributed by atoms with van der Waals surface area (Å²) in [5.41, 5.74) is 1.29. The maximum Gasteiger partial charge on any atom is 0.0300 e. The number of rotatable bonds is 2. The van der Waals surface area contributed by atoms with Crippen LogP contribution in [0.1, 0.15) is 5.56 Å². The van der Waals surface area contributed by atoms with Gasteiger partial charge >= 0.3 is 0 Å². The first-order valence-electron chi connectivity index (χ1n) is 4.71. The quantitative estimate of drug-likeness (QED) is 0.699. The number of nitrogens with zero attached hydrogens (tertiary/aromatic N) is 2. The Kier molecular flexibility index (Phi) is 2.90. The van der Waals surface area contributed by atoms with Crippen LogP contribution in [0.3, 0.4) is 0 Å². The highest BCUT2D eigenvalue weighted by Crippen LogP contribution is 2.02. The van der Waals surface area contributed by atoms with Crippen LogP contribution in [0.5, 0.6) is 0 Å². The summed E-state index contributed by atoms with van der Waals surface area (Å²) in [7, 11) is 0. The summed E-state index contributed by atoms with van der Waals surface area (Å²) in [4.78, 5) is 4.09. The van der Waals surface area contributed by atoms with Gasteiger partial charge in [0.2, 0.25) is 0 Å². The number of piperazine rings is 1. The van der Waals surface area contributed by atoms with Crippen molar-refractivity contribution in [2.45, 2.75) is 12.5 Å².